The van der Waals surface area contributed by atoms with Gasteiger partial charge in [-0.05, 0) is 45.2 Å². The summed E-state index contributed by atoms with van der Waals surface area (Å²) in [7, 11) is 4.12. The van der Waals surface area contributed by atoms with Crippen LogP contribution in [-0.4, -0.2) is 70.8 Å². The third-order valence-corrected chi connectivity index (χ3v) is 5.85. The number of aryl methyl sites for hydroxylation is 2. The van der Waals surface area contributed by atoms with Gasteiger partial charge in [0.2, 0.25) is 5.91 Å². The van der Waals surface area contributed by atoms with Gasteiger partial charge < -0.3 is 10.2 Å². The first-order chi connectivity index (χ1) is 12.0. The molecule has 0 bridgehead atoms. The van der Waals surface area contributed by atoms with E-state index in [0.29, 0.717) is 18.5 Å². The Morgan fingerprint density at radius 3 is 2.44 bits per heavy atom. The SMILES string of the molecule is CCc1cc(CC(=O)NC2CCC(N3CCN(C)CC3)CC2)n(C)n1. The number of carbonyl (C=O) groups is 1. The lowest BCUT2D eigenvalue weighted by Crippen LogP contribution is -2.51. The number of hydrogen-bond donors (Lipinski definition) is 1. The van der Waals surface area contributed by atoms with Crippen LogP contribution >= 0.6 is 0 Å². The fourth-order valence-electron chi connectivity index (χ4n) is 4.13. The van der Waals surface area contributed by atoms with Crippen LogP contribution in [-0.2, 0) is 24.7 Å². The molecule has 2 aliphatic rings. The van der Waals surface area contributed by atoms with Crippen molar-refractivity contribution in [1.82, 2.24) is 24.9 Å². The number of amides is 1. The molecular weight excluding hydrogens is 314 g/mol. The van der Waals surface area contributed by atoms with Crippen LogP contribution in [0.3, 0.4) is 0 Å². The molecule has 2 fully saturated rings. The number of piperazine rings is 1. The Morgan fingerprint density at radius 1 is 1.16 bits per heavy atom. The molecule has 6 heteroatoms. The number of carbonyl (C=O) groups excluding carboxylic acids is 1. The van der Waals surface area contributed by atoms with Crippen LogP contribution in [0.2, 0.25) is 0 Å². The van der Waals surface area contributed by atoms with E-state index in [9.17, 15) is 4.79 Å². The van der Waals surface area contributed by atoms with Crippen molar-refractivity contribution in [2.24, 2.45) is 7.05 Å². The Kier molecular flexibility index (Phi) is 6.12. The molecule has 1 N–H and O–H groups in total. The fourth-order valence-corrected chi connectivity index (χ4v) is 4.13. The zero-order valence-corrected chi connectivity index (χ0v) is 16.0. The highest BCUT2D eigenvalue weighted by Gasteiger charge is 2.28. The zero-order valence-electron chi connectivity index (χ0n) is 16.0. The van der Waals surface area contributed by atoms with E-state index in [-0.39, 0.29) is 5.91 Å². The number of likely N-dealkylation sites (N-methyl/N-ethyl adjacent to an activating group) is 1. The molecule has 0 spiro atoms. The Labute approximate surface area is 151 Å². The summed E-state index contributed by atoms with van der Waals surface area (Å²) in [6, 6.07) is 3.10. The molecule has 0 atom stereocenters. The topological polar surface area (TPSA) is 53.4 Å². The number of nitrogens with zero attached hydrogens (tertiary/aromatic N) is 4. The van der Waals surface area contributed by atoms with Crippen LogP contribution in [0.4, 0.5) is 0 Å². The van der Waals surface area contributed by atoms with E-state index < -0.39 is 0 Å². The average molecular weight is 348 g/mol. The molecule has 1 aromatic rings. The first-order valence-electron chi connectivity index (χ1n) is 9.79. The van der Waals surface area contributed by atoms with Gasteiger partial charge in [-0.3, -0.25) is 14.4 Å². The Morgan fingerprint density at radius 2 is 1.84 bits per heavy atom. The third-order valence-electron chi connectivity index (χ3n) is 5.85. The fraction of sp³-hybridized carbons (Fsp3) is 0.789. The van der Waals surface area contributed by atoms with E-state index in [1.54, 1.807) is 0 Å². The summed E-state index contributed by atoms with van der Waals surface area (Å²) in [6.45, 7) is 6.84. The summed E-state index contributed by atoms with van der Waals surface area (Å²) in [6.07, 6.45) is 5.97. The first-order valence-corrected chi connectivity index (χ1v) is 9.79. The predicted molar refractivity (Wildman–Crippen MR) is 99.5 cm³/mol. The minimum absolute atomic E-state index is 0.133. The quantitative estimate of drug-likeness (QED) is 0.870. The summed E-state index contributed by atoms with van der Waals surface area (Å²) in [5.74, 6) is 0.133. The molecule has 1 aliphatic heterocycles. The van der Waals surface area contributed by atoms with Crippen LogP contribution in [0.25, 0.3) is 0 Å². The first kappa shape index (κ1) is 18.4. The molecule has 2 heterocycles. The molecule has 140 valence electrons. The van der Waals surface area contributed by atoms with Crippen molar-refractivity contribution >= 4 is 5.91 Å². The Balaban J connectivity index is 1.42. The monoisotopic (exact) mass is 347 g/mol. The van der Waals surface area contributed by atoms with Gasteiger partial charge in [-0.2, -0.15) is 5.10 Å². The zero-order chi connectivity index (χ0) is 17.8. The van der Waals surface area contributed by atoms with Gasteiger partial charge in [0.1, 0.15) is 0 Å². The van der Waals surface area contributed by atoms with Gasteiger partial charge in [-0.25, -0.2) is 0 Å². The van der Waals surface area contributed by atoms with Crippen LogP contribution in [0, 0.1) is 0 Å². The summed E-state index contributed by atoms with van der Waals surface area (Å²) >= 11 is 0. The number of aromatic nitrogens is 2. The van der Waals surface area contributed by atoms with E-state index in [4.69, 9.17) is 0 Å². The number of rotatable bonds is 5. The molecule has 0 unspecified atom stereocenters. The second-order valence-corrected chi connectivity index (χ2v) is 7.69. The van der Waals surface area contributed by atoms with Crippen LogP contribution < -0.4 is 5.32 Å². The summed E-state index contributed by atoms with van der Waals surface area (Å²) < 4.78 is 1.84. The normalized spacial score (nSPS) is 25.9. The van der Waals surface area contributed by atoms with Gasteiger partial charge in [-0.1, -0.05) is 6.92 Å². The number of nitrogens with one attached hydrogen (secondary N) is 1. The van der Waals surface area contributed by atoms with Gasteiger partial charge in [-0.15, -0.1) is 0 Å². The summed E-state index contributed by atoms with van der Waals surface area (Å²) in [4.78, 5) is 17.4. The van der Waals surface area contributed by atoms with Crippen molar-refractivity contribution in [3.8, 4) is 0 Å². The Bertz CT molecular complexity index is 568. The lowest BCUT2D eigenvalue weighted by molar-refractivity contribution is -0.121. The highest BCUT2D eigenvalue weighted by atomic mass is 16.1. The molecule has 0 aromatic carbocycles. The van der Waals surface area contributed by atoms with Crippen LogP contribution in [0.5, 0.6) is 0 Å². The second kappa shape index (κ2) is 8.32. The Hall–Kier alpha value is -1.40. The molecule has 0 radical (unpaired) electrons. The molecule has 1 amide bonds. The molecule has 1 saturated heterocycles. The van der Waals surface area contributed by atoms with Crippen molar-refractivity contribution in [1.29, 1.82) is 0 Å². The predicted octanol–water partition coefficient (Wildman–Crippen LogP) is 1.20. The molecule has 1 saturated carbocycles. The van der Waals surface area contributed by atoms with Gasteiger partial charge in [0.25, 0.3) is 0 Å². The molecular formula is C19H33N5O. The third kappa shape index (κ3) is 4.82. The summed E-state index contributed by atoms with van der Waals surface area (Å²) in [5, 5.41) is 7.67. The van der Waals surface area contributed by atoms with Crippen molar-refractivity contribution in [2.45, 2.75) is 57.5 Å². The van der Waals surface area contributed by atoms with Gasteiger partial charge >= 0.3 is 0 Å². The van der Waals surface area contributed by atoms with Crippen molar-refractivity contribution in [3.63, 3.8) is 0 Å². The maximum atomic E-state index is 12.4. The minimum Gasteiger partial charge on any atom is -0.353 e. The maximum Gasteiger partial charge on any atom is 0.226 e. The lowest BCUT2D eigenvalue weighted by atomic mass is 9.89. The van der Waals surface area contributed by atoms with Gasteiger partial charge in [0.15, 0.2) is 0 Å². The van der Waals surface area contributed by atoms with Crippen LogP contribution in [0.1, 0.15) is 44.0 Å². The van der Waals surface area contributed by atoms with Crippen molar-refractivity contribution < 1.29 is 4.79 Å². The summed E-state index contributed by atoms with van der Waals surface area (Å²) in [5.41, 5.74) is 2.05. The molecule has 3 rings (SSSR count). The molecule has 25 heavy (non-hydrogen) atoms. The van der Waals surface area contributed by atoms with Gasteiger partial charge in [0.05, 0.1) is 12.1 Å². The van der Waals surface area contributed by atoms with E-state index in [1.807, 2.05) is 17.8 Å². The lowest BCUT2D eigenvalue weighted by Gasteiger charge is -2.41. The number of hydrogen-bond acceptors (Lipinski definition) is 4. The van der Waals surface area contributed by atoms with Crippen molar-refractivity contribution in [3.05, 3.63) is 17.5 Å². The van der Waals surface area contributed by atoms with Crippen molar-refractivity contribution in [2.75, 3.05) is 33.2 Å². The average Bonchev–Trinajstić information content (AvgIpc) is 2.96. The van der Waals surface area contributed by atoms with E-state index >= 15 is 0 Å². The standard InChI is InChI=1S/C19H33N5O/c1-4-15-13-18(23(3)21-15)14-19(25)20-16-5-7-17(8-6-16)24-11-9-22(2)10-12-24/h13,16-17H,4-12,14H2,1-3H3,(H,20,25). The van der Waals surface area contributed by atoms with Gasteiger partial charge in [0, 0.05) is 51.0 Å². The minimum atomic E-state index is 0.133. The highest BCUT2D eigenvalue weighted by Crippen LogP contribution is 2.24. The molecule has 6 nitrogen and oxygen atoms in total. The second-order valence-electron chi connectivity index (χ2n) is 7.69. The smallest absolute Gasteiger partial charge is 0.226 e. The largest absolute Gasteiger partial charge is 0.353 e. The van der Waals surface area contributed by atoms with E-state index in [1.165, 1.54) is 39.0 Å². The van der Waals surface area contributed by atoms with E-state index in [2.05, 4.69) is 34.2 Å². The van der Waals surface area contributed by atoms with E-state index in [0.717, 1.165) is 30.7 Å². The molecule has 1 aromatic heterocycles. The highest BCUT2D eigenvalue weighted by molar-refractivity contribution is 5.78. The van der Waals surface area contributed by atoms with Crippen LogP contribution in [0.15, 0.2) is 6.07 Å². The molecule has 1 aliphatic carbocycles. The maximum absolute atomic E-state index is 12.4.